The summed E-state index contributed by atoms with van der Waals surface area (Å²) < 4.78 is 47.5. The first-order valence-corrected chi connectivity index (χ1v) is 7.12. The molecule has 0 aliphatic rings. The van der Waals surface area contributed by atoms with Gasteiger partial charge in [0.2, 0.25) is 0 Å². The molecule has 2 aromatic rings. The number of allylic oxidation sites excluding steroid dienone is 2. The zero-order valence-electron chi connectivity index (χ0n) is 13.5. The number of hydrogen-bond donors (Lipinski definition) is 3. The van der Waals surface area contributed by atoms with Gasteiger partial charge in [-0.3, -0.25) is 5.32 Å². The lowest BCUT2D eigenvalue weighted by Gasteiger charge is -2.06. The summed E-state index contributed by atoms with van der Waals surface area (Å²) in [6.07, 6.45) is -0.551. The fourth-order valence-electron chi connectivity index (χ4n) is 1.82. The van der Waals surface area contributed by atoms with Crippen LogP contribution in [0.1, 0.15) is 5.56 Å². The highest BCUT2D eigenvalue weighted by molar-refractivity contribution is 5.87. The topological polar surface area (TPSA) is 116 Å². The number of aromatic nitrogens is 1. The van der Waals surface area contributed by atoms with Gasteiger partial charge in [0.1, 0.15) is 11.5 Å². The second-order valence-electron chi connectivity index (χ2n) is 4.97. The first-order valence-electron chi connectivity index (χ1n) is 7.12. The lowest BCUT2D eigenvalue weighted by atomic mass is 10.1. The highest BCUT2D eigenvalue weighted by Gasteiger charge is 2.30. The lowest BCUT2D eigenvalue weighted by Crippen LogP contribution is -2.13. The molecule has 1 heterocycles. The van der Waals surface area contributed by atoms with Gasteiger partial charge in [-0.25, -0.2) is 9.78 Å². The fraction of sp³-hybridized carbons (Fsp3) is 0.125. The van der Waals surface area contributed by atoms with Crippen molar-refractivity contribution in [3.8, 4) is 11.3 Å². The van der Waals surface area contributed by atoms with Crippen LogP contribution in [0, 0.1) is 0 Å². The second kappa shape index (κ2) is 7.64. The third-order valence-corrected chi connectivity index (χ3v) is 3.12. The van der Waals surface area contributed by atoms with Gasteiger partial charge in [0.25, 0.3) is 0 Å². The van der Waals surface area contributed by atoms with Crippen LogP contribution in [0.3, 0.4) is 0 Å². The van der Waals surface area contributed by atoms with Crippen LogP contribution in [0.4, 0.5) is 19.2 Å². The molecular formula is C16H15F3N4O3. The summed E-state index contributed by atoms with van der Waals surface area (Å²) >= 11 is 0. The van der Waals surface area contributed by atoms with Gasteiger partial charge < -0.3 is 20.6 Å². The van der Waals surface area contributed by atoms with E-state index in [9.17, 15) is 18.0 Å². The summed E-state index contributed by atoms with van der Waals surface area (Å²) in [5.74, 6) is -0.397. The SMILES string of the molecule is COC(=O)/C(N)=C/C=C(\N)Nc1ncc(-c2ccc(C(F)(F)F)cc2)o1. The molecule has 0 saturated carbocycles. The van der Waals surface area contributed by atoms with Crippen molar-refractivity contribution in [3.63, 3.8) is 0 Å². The van der Waals surface area contributed by atoms with E-state index in [1.54, 1.807) is 0 Å². The standard InChI is InChI=1S/C16H15F3N4O3/c1-25-14(24)11(20)6-7-13(21)23-15-22-8-12(26-15)9-2-4-10(5-3-9)16(17,18)19/h2-8H,20-21H2,1H3,(H,22,23)/b11-6-,13-7+. The van der Waals surface area contributed by atoms with Crippen LogP contribution in [0.25, 0.3) is 11.3 Å². The Bertz CT molecular complexity index is 839. The number of nitrogens with two attached hydrogens (primary N) is 2. The van der Waals surface area contributed by atoms with Crippen LogP contribution < -0.4 is 16.8 Å². The van der Waals surface area contributed by atoms with E-state index in [-0.39, 0.29) is 23.3 Å². The van der Waals surface area contributed by atoms with Gasteiger partial charge in [0.15, 0.2) is 5.76 Å². The van der Waals surface area contributed by atoms with Crippen molar-refractivity contribution in [3.05, 3.63) is 59.7 Å². The number of hydrogen-bond acceptors (Lipinski definition) is 7. The van der Waals surface area contributed by atoms with E-state index in [0.29, 0.717) is 5.56 Å². The minimum atomic E-state index is -4.41. The predicted molar refractivity (Wildman–Crippen MR) is 87.1 cm³/mol. The molecule has 26 heavy (non-hydrogen) atoms. The van der Waals surface area contributed by atoms with Crippen LogP contribution in [0.15, 0.2) is 58.5 Å². The second-order valence-corrected chi connectivity index (χ2v) is 4.97. The molecule has 0 spiro atoms. The number of anilines is 1. The predicted octanol–water partition coefficient (Wildman–Crippen LogP) is 2.59. The Kier molecular flexibility index (Phi) is 5.55. The van der Waals surface area contributed by atoms with Crippen molar-refractivity contribution in [2.24, 2.45) is 11.5 Å². The molecule has 0 amide bonds. The number of alkyl halides is 3. The van der Waals surface area contributed by atoms with Gasteiger partial charge >= 0.3 is 18.2 Å². The first-order chi connectivity index (χ1) is 12.2. The minimum Gasteiger partial charge on any atom is -0.464 e. The van der Waals surface area contributed by atoms with Crippen molar-refractivity contribution < 1.29 is 27.1 Å². The molecule has 2 rings (SSSR count). The maximum absolute atomic E-state index is 12.6. The Labute approximate surface area is 146 Å². The number of methoxy groups -OCH3 is 1. The van der Waals surface area contributed by atoms with Crippen molar-refractivity contribution >= 4 is 12.0 Å². The average Bonchev–Trinajstić information content (AvgIpc) is 3.06. The van der Waals surface area contributed by atoms with Crippen LogP contribution >= 0.6 is 0 Å². The smallest absolute Gasteiger partial charge is 0.416 e. The monoisotopic (exact) mass is 368 g/mol. The number of benzene rings is 1. The molecule has 1 aromatic carbocycles. The maximum atomic E-state index is 12.6. The molecule has 0 aliphatic heterocycles. The molecule has 0 atom stereocenters. The number of halogens is 3. The molecule has 0 unspecified atom stereocenters. The molecule has 138 valence electrons. The Morgan fingerprint density at radius 3 is 2.46 bits per heavy atom. The Balaban J connectivity index is 2.09. The van der Waals surface area contributed by atoms with Crippen molar-refractivity contribution in [2.45, 2.75) is 6.18 Å². The Morgan fingerprint density at radius 1 is 1.23 bits per heavy atom. The number of carbonyl (C=O) groups excluding carboxylic acids is 1. The zero-order chi connectivity index (χ0) is 19.3. The van der Waals surface area contributed by atoms with Crippen molar-refractivity contribution in [2.75, 3.05) is 12.4 Å². The number of rotatable bonds is 5. The normalized spacial score (nSPS) is 12.8. The third kappa shape index (κ3) is 4.79. The van der Waals surface area contributed by atoms with E-state index < -0.39 is 17.7 Å². The average molecular weight is 368 g/mol. The number of ether oxygens (including phenoxy) is 1. The number of oxazole rings is 1. The first kappa shape index (κ1) is 18.9. The molecule has 0 bridgehead atoms. The van der Waals surface area contributed by atoms with Gasteiger partial charge in [0.05, 0.1) is 18.9 Å². The number of esters is 1. The Morgan fingerprint density at radius 2 is 1.88 bits per heavy atom. The molecule has 0 saturated heterocycles. The summed E-state index contributed by atoms with van der Waals surface area (Å²) in [5, 5.41) is 2.61. The molecule has 0 fully saturated rings. The quantitative estimate of drug-likeness (QED) is 0.422. The molecule has 0 radical (unpaired) electrons. The maximum Gasteiger partial charge on any atom is 0.416 e. The van der Waals surface area contributed by atoms with E-state index in [2.05, 4.69) is 15.0 Å². The molecule has 5 N–H and O–H groups in total. The van der Waals surface area contributed by atoms with Crippen LogP contribution in [0.2, 0.25) is 0 Å². The molecule has 0 aliphatic carbocycles. The van der Waals surface area contributed by atoms with Crippen LogP contribution in [-0.4, -0.2) is 18.1 Å². The van der Waals surface area contributed by atoms with E-state index >= 15 is 0 Å². The number of nitrogens with zero attached hydrogens (tertiary/aromatic N) is 1. The number of nitrogens with one attached hydrogen (secondary N) is 1. The van der Waals surface area contributed by atoms with Gasteiger partial charge in [-0.15, -0.1) is 0 Å². The zero-order valence-corrected chi connectivity index (χ0v) is 13.5. The summed E-state index contributed by atoms with van der Waals surface area (Å²) in [5.41, 5.74) is 10.6. The summed E-state index contributed by atoms with van der Waals surface area (Å²) in [6, 6.07) is 4.44. The minimum absolute atomic E-state index is 0.0127. The Hall–Kier alpha value is -3.43. The van der Waals surface area contributed by atoms with Crippen molar-refractivity contribution in [1.29, 1.82) is 0 Å². The molecule has 1 aromatic heterocycles. The van der Waals surface area contributed by atoms with Gasteiger partial charge in [-0.1, -0.05) is 12.1 Å². The van der Waals surface area contributed by atoms with Crippen LogP contribution in [0.5, 0.6) is 0 Å². The van der Waals surface area contributed by atoms with Gasteiger partial charge in [-0.2, -0.15) is 13.2 Å². The largest absolute Gasteiger partial charge is 0.464 e. The summed E-state index contributed by atoms with van der Waals surface area (Å²) in [6.45, 7) is 0. The van der Waals surface area contributed by atoms with Crippen LogP contribution in [-0.2, 0) is 15.7 Å². The van der Waals surface area contributed by atoms with Gasteiger partial charge in [0, 0.05) is 5.56 Å². The number of carbonyl (C=O) groups is 1. The molecular weight excluding hydrogens is 353 g/mol. The van der Waals surface area contributed by atoms with E-state index in [1.807, 2.05) is 0 Å². The highest BCUT2D eigenvalue weighted by Crippen LogP contribution is 2.31. The van der Waals surface area contributed by atoms with Gasteiger partial charge in [-0.05, 0) is 24.3 Å². The highest BCUT2D eigenvalue weighted by atomic mass is 19.4. The molecule has 10 heteroatoms. The third-order valence-electron chi connectivity index (χ3n) is 3.12. The van der Waals surface area contributed by atoms with Crippen molar-refractivity contribution in [1.82, 2.24) is 4.98 Å². The fourth-order valence-corrected chi connectivity index (χ4v) is 1.82. The summed E-state index contributed by atoms with van der Waals surface area (Å²) in [4.78, 5) is 15.0. The lowest BCUT2D eigenvalue weighted by molar-refractivity contribution is -0.138. The van der Waals surface area contributed by atoms with E-state index in [4.69, 9.17) is 15.9 Å². The molecule has 7 nitrogen and oxygen atoms in total. The van der Waals surface area contributed by atoms with E-state index in [0.717, 1.165) is 12.1 Å². The van der Waals surface area contributed by atoms with E-state index in [1.165, 1.54) is 37.6 Å². The summed E-state index contributed by atoms with van der Waals surface area (Å²) in [7, 11) is 1.18.